The van der Waals surface area contributed by atoms with Crippen LogP contribution >= 0.6 is 0 Å². The van der Waals surface area contributed by atoms with E-state index < -0.39 is 6.04 Å². The number of nitrogens with zero attached hydrogens (tertiary/aromatic N) is 2. The summed E-state index contributed by atoms with van der Waals surface area (Å²) >= 11 is 0. The lowest BCUT2D eigenvalue weighted by Crippen LogP contribution is -2.48. The van der Waals surface area contributed by atoms with Crippen LogP contribution in [0.25, 0.3) is 0 Å². The molecule has 0 aliphatic rings. The Morgan fingerprint density at radius 1 is 1.26 bits per heavy atom. The van der Waals surface area contributed by atoms with Crippen LogP contribution in [0.5, 0.6) is 0 Å². The Morgan fingerprint density at radius 2 is 1.89 bits per heavy atom. The second kappa shape index (κ2) is 10.2. The van der Waals surface area contributed by atoms with Crippen LogP contribution in [0.1, 0.15) is 26.7 Å². The van der Waals surface area contributed by atoms with Crippen molar-refractivity contribution in [1.29, 1.82) is 0 Å². The van der Waals surface area contributed by atoms with Crippen LogP contribution in [0, 0.1) is 5.92 Å². The van der Waals surface area contributed by atoms with Crippen molar-refractivity contribution in [2.45, 2.75) is 32.7 Å². The van der Waals surface area contributed by atoms with E-state index >= 15 is 0 Å². The minimum Gasteiger partial charge on any atom is -0.383 e. The van der Waals surface area contributed by atoms with Crippen molar-refractivity contribution >= 4 is 5.91 Å². The highest BCUT2D eigenvalue weighted by Crippen LogP contribution is 2.09. The standard InChI is InChI=1S/C14H31N3O2/c1-6-12(2)13(15)14(18)17(10-11-19-5)9-7-8-16(3)4/h12-13H,6-11,15H2,1-5H3. The monoisotopic (exact) mass is 273 g/mol. The maximum Gasteiger partial charge on any atom is 0.239 e. The van der Waals surface area contributed by atoms with Gasteiger partial charge in [-0.3, -0.25) is 4.79 Å². The van der Waals surface area contributed by atoms with Crippen molar-refractivity contribution in [1.82, 2.24) is 9.80 Å². The lowest BCUT2D eigenvalue weighted by Gasteiger charge is -2.28. The van der Waals surface area contributed by atoms with E-state index in [0.717, 1.165) is 25.9 Å². The van der Waals surface area contributed by atoms with E-state index in [2.05, 4.69) is 11.8 Å². The molecule has 1 amide bonds. The second-order valence-corrected chi connectivity index (χ2v) is 5.39. The molecular formula is C14H31N3O2. The number of methoxy groups -OCH3 is 1. The van der Waals surface area contributed by atoms with Gasteiger partial charge in [0.2, 0.25) is 5.91 Å². The Morgan fingerprint density at radius 3 is 2.37 bits per heavy atom. The van der Waals surface area contributed by atoms with Gasteiger partial charge in [0.25, 0.3) is 0 Å². The molecule has 2 N–H and O–H groups in total. The Balaban J connectivity index is 4.41. The van der Waals surface area contributed by atoms with Gasteiger partial charge in [0.1, 0.15) is 0 Å². The SMILES string of the molecule is CCC(C)C(N)C(=O)N(CCCN(C)C)CCOC. The first-order valence-electron chi connectivity index (χ1n) is 7.12. The molecule has 0 aromatic carbocycles. The Hall–Kier alpha value is -0.650. The summed E-state index contributed by atoms with van der Waals surface area (Å²) in [4.78, 5) is 16.3. The van der Waals surface area contributed by atoms with Gasteiger partial charge in [-0.25, -0.2) is 0 Å². The molecule has 0 heterocycles. The van der Waals surface area contributed by atoms with Crippen molar-refractivity contribution in [3.63, 3.8) is 0 Å². The molecule has 19 heavy (non-hydrogen) atoms. The molecule has 114 valence electrons. The highest BCUT2D eigenvalue weighted by molar-refractivity contribution is 5.81. The molecule has 0 rings (SSSR count). The van der Waals surface area contributed by atoms with Crippen LogP contribution in [0.4, 0.5) is 0 Å². The average molecular weight is 273 g/mol. The molecule has 5 nitrogen and oxygen atoms in total. The Labute approximate surface area is 118 Å². The van der Waals surface area contributed by atoms with Gasteiger partial charge in [0.15, 0.2) is 0 Å². The fourth-order valence-electron chi connectivity index (χ4n) is 1.82. The third-order valence-electron chi connectivity index (χ3n) is 3.45. The topological polar surface area (TPSA) is 58.8 Å². The van der Waals surface area contributed by atoms with Crippen molar-refractivity contribution in [3.05, 3.63) is 0 Å². The van der Waals surface area contributed by atoms with E-state index in [9.17, 15) is 4.79 Å². The summed E-state index contributed by atoms with van der Waals surface area (Å²) in [5, 5.41) is 0. The quantitative estimate of drug-likeness (QED) is 0.639. The molecule has 0 bridgehead atoms. The molecule has 0 saturated heterocycles. The van der Waals surface area contributed by atoms with E-state index in [1.54, 1.807) is 7.11 Å². The summed E-state index contributed by atoms with van der Waals surface area (Å²) in [6.45, 7) is 6.97. The summed E-state index contributed by atoms with van der Waals surface area (Å²) in [5.41, 5.74) is 6.03. The highest BCUT2D eigenvalue weighted by atomic mass is 16.5. The van der Waals surface area contributed by atoms with Crippen molar-refractivity contribution < 1.29 is 9.53 Å². The van der Waals surface area contributed by atoms with Gasteiger partial charge in [-0.15, -0.1) is 0 Å². The Bertz CT molecular complexity index is 247. The first-order chi connectivity index (χ1) is 8.93. The maximum atomic E-state index is 12.4. The lowest BCUT2D eigenvalue weighted by atomic mass is 9.99. The number of hydrogen-bond donors (Lipinski definition) is 1. The normalized spacial score (nSPS) is 14.5. The molecule has 0 spiro atoms. The van der Waals surface area contributed by atoms with E-state index in [1.807, 2.05) is 25.9 Å². The van der Waals surface area contributed by atoms with E-state index in [1.165, 1.54) is 0 Å². The van der Waals surface area contributed by atoms with Crippen LogP contribution < -0.4 is 5.73 Å². The Kier molecular flexibility index (Phi) is 9.83. The summed E-state index contributed by atoms with van der Waals surface area (Å²) in [6, 6.07) is -0.402. The fourth-order valence-corrected chi connectivity index (χ4v) is 1.82. The second-order valence-electron chi connectivity index (χ2n) is 5.39. The van der Waals surface area contributed by atoms with Crippen LogP contribution in [0.15, 0.2) is 0 Å². The summed E-state index contributed by atoms with van der Waals surface area (Å²) in [5.74, 6) is 0.261. The first kappa shape index (κ1) is 18.4. The van der Waals surface area contributed by atoms with Gasteiger partial charge in [-0.1, -0.05) is 20.3 Å². The van der Waals surface area contributed by atoms with Crippen LogP contribution in [0.2, 0.25) is 0 Å². The number of hydrogen-bond acceptors (Lipinski definition) is 4. The largest absolute Gasteiger partial charge is 0.383 e. The van der Waals surface area contributed by atoms with Gasteiger partial charge < -0.3 is 20.3 Å². The van der Waals surface area contributed by atoms with E-state index in [4.69, 9.17) is 10.5 Å². The molecule has 2 atom stereocenters. The highest BCUT2D eigenvalue weighted by Gasteiger charge is 2.24. The molecule has 0 aromatic rings. The number of carbonyl (C=O) groups is 1. The molecule has 2 unspecified atom stereocenters. The number of ether oxygens (including phenoxy) is 1. The summed E-state index contributed by atoms with van der Waals surface area (Å²) in [6.07, 6.45) is 1.87. The lowest BCUT2D eigenvalue weighted by molar-refractivity contribution is -0.134. The van der Waals surface area contributed by atoms with Crippen molar-refractivity contribution in [3.8, 4) is 0 Å². The van der Waals surface area contributed by atoms with Crippen molar-refractivity contribution in [2.24, 2.45) is 11.7 Å². The molecule has 0 aromatic heterocycles. The number of nitrogens with two attached hydrogens (primary N) is 1. The van der Waals surface area contributed by atoms with Gasteiger partial charge >= 0.3 is 0 Å². The van der Waals surface area contributed by atoms with E-state index in [0.29, 0.717) is 13.2 Å². The predicted octanol–water partition coefficient (Wildman–Crippen LogP) is 0.787. The van der Waals surface area contributed by atoms with Gasteiger partial charge in [0, 0.05) is 20.2 Å². The molecule has 0 saturated carbocycles. The van der Waals surface area contributed by atoms with Gasteiger partial charge in [-0.05, 0) is 33.0 Å². The number of amides is 1. The van der Waals surface area contributed by atoms with E-state index in [-0.39, 0.29) is 11.8 Å². The van der Waals surface area contributed by atoms with Crippen LogP contribution in [-0.4, -0.2) is 69.2 Å². The van der Waals surface area contributed by atoms with Gasteiger partial charge in [-0.2, -0.15) is 0 Å². The maximum absolute atomic E-state index is 12.4. The zero-order valence-corrected chi connectivity index (χ0v) is 13.2. The summed E-state index contributed by atoms with van der Waals surface area (Å²) in [7, 11) is 5.72. The number of carbonyl (C=O) groups excluding carboxylic acids is 1. The third kappa shape index (κ3) is 7.50. The van der Waals surface area contributed by atoms with Gasteiger partial charge in [0.05, 0.1) is 12.6 Å². The molecule has 0 aliphatic heterocycles. The molecular weight excluding hydrogens is 242 g/mol. The predicted molar refractivity (Wildman–Crippen MR) is 79.1 cm³/mol. The third-order valence-corrected chi connectivity index (χ3v) is 3.45. The molecule has 0 radical (unpaired) electrons. The van der Waals surface area contributed by atoms with Crippen LogP contribution in [-0.2, 0) is 9.53 Å². The molecule has 0 aliphatic carbocycles. The molecule has 0 fully saturated rings. The van der Waals surface area contributed by atoms with Crippen LogP contribution in [0.3, 0.4) is 0 Å². The smallest absolute Gasteiger partial charge is 0.239 e. The fraction of sp³-hybridized carbons (Fsp3) is 0.929. The minimum atomic E-state index is -0.402. The summed E-state index contributed by atoms with van der Waals surface area (Å²) < 4.78 is 5.07. The zero-order chi connectivity index (χ0) is 14.8. The average Bonchev–Trinajstić information content (AvgIpc) is 2.39. The first-order valence-corrected chi connectivity index (χ1v) is 7.12. The number of rotatable bonds is 10. The minimum absolute atomic E-state index is 0.0464. The zero-order valence-electron chi connectivity index (χ0n) is 13.2. The molecule has 5 heteroatoms. The van der Waals surface area contributed by atoms with Crippen molar-refractivity contribution in [2.75, 3.05) is 47.4 Å².